The molecule has 0 atom stereocenters. The number of fused-ring (bicyclic) bond motifs is 1. The van der Waals surface area contributed by atoms with E-state index < -0.39 is 11.7 Å². The number of ether oxygens (including phenoxy) is 2. The van der Waals surface area contributed by atoms with Gasteiger partial charge < -0.3 is 9.47 Å². The summed E-state index contributed by atoms with van der Waals surface area (Å²) < 4.78 is 50.7. The summed E-state index contributed by atoms with van der Waals surface area (Å²) in [7, 11) is 0. The van der Waals surface area contributed by atoms with E-state index in [1.165, 1.54) is 23.5 Å². The van der Waals surface area contributed by atoms with Gasteiger partial charge in [0, 0.05) is 31.7 Å². The average molecular weight is 494 g/mol. The van der Waals surface area contributed by atoms with Gasteiger partial charge in [-0.05, 0) is 55.8 Å². The van der Waals surface area contributed by atoms with Gasteiger partial charge in [-0.15, -0.1) is 0 Å². The van der Waals surface area contributed by atoms with Crippen LogP contribution in [0.1, 0.15) is 29.3 Å². The maximum atomic E-state index is 13.4. The molecule has 1 amide bonds. The molecule has 0 N–H and O–H groups in total. The lowest BCUT2D eigenvalue weighted by molar-refractivity contribution is -0.137. The van der Waals surface area contributed by atoms with E-state index in [-0.39, 0.29) is 11.5 Å². The van der Waals surface area contributed by atoms with E-state index in [1.807, 2.05) is 25.1 Å². The minimum Gasteiger partial charge on any atom is -0.494 e. The largest absolute Gasteiger partial charge is 0.494 e. The normalized spacial score (nSPS) is 14.9. The Bertz CT molecular complexity index is 1110. The minimum atomic E-state index is -4.45. The molecular formula is C24H26F3N3O3S. The highest BCUT2D eigenvalue weighted by atomic mass is 32.1. The van der Waals surface area contributed by atoms with E-state index in [9.17, 15) is 18.0 Å². The van der Waals surface area contributed by atoms with Crippen LogP contribution in [0.15, 0.2) is 42.5 Å². The van der Waals surface area contributed by atoms with Crippen LogP contribution in [0.25, 0.3) is 10.2 Å². The second-order valence-electron chi connectivity index (χ2n) is 7.90. The summed E-state index contributed by atoms with van der Waals surface area (Å²) in [5.41, 5.74) is 0.141. The summed E-state index contributed by atoms with van der Waals surface area (Å²) in [5.74, 6) is 0.345. The number of amides is 1. The van der Waals surface area contributed by atoms with Gasteiger partial charge in [0.05, 0.1) is 35.6 Å². The number of carbonyl (C=O) groups excluding carboxylic acids is 1. The van der Waals surface area contributed by atoms with E-state index in [4.69, 9.17) is 9.47 Å². The molecule has 2 aromatic carbocycles. The first-order chi connectivity index (χ1) is 16.3. The van der Waals surface area contributed by atoms with Crippen LogP contribution in [0, 0.1) is 0 Å². The molecule has 1 fully saturated rings. The van der Waals surface area contributed by atoms with Crippen molar-refractivity contribution in [3.63, 3.8) is 0 Å². The van der Waals surface area contributed by atoms with Crippen molar-refractivity contribution in [1.82, 2.24) is 9.88 Å². The fourth-order valence-electron chi connectivity index (χ4n) is 3.78. The van der Waals surface area contributed by atoms with Gasteiger partial charge in [-0.25, -0.2) is 4.98 Å². The smallest absolute Gasteiger partial charge is 0.416 e. The first kappa shape index (κ1) is 24.4. The third kappa shape index (κ3) is 5.86. The first-order valence-electron chi connectivity index (χ1n) is 11.2. The summed E-state index contributed by atoms with van der Waals surface area (Å²) in [6.45, 7) is 6.69. The Morgan fingerprint density at radius 1 is 1.18 bits per heavy atom. The molecule has 1 aliphatic heterocycles. The van der Waals surface area contributed by atoms with Gasteiger partial charge in [-0.3, -0.25) is 14.6 Å². The number of anilines is 1. The molecule has 0 saturated carbocycles. The van der Waals surface area contributed by atoms with Gasteiger partial charge in [0.1, 0.15) is 5.75 Å². The Hall–Kier alpha value is -2.69. The highest BCUT2D eigenvalue weighted by molar-refractivity contribution is 7.22. The molecular weight excluding hydrogens is 467 g/mol. The zero-order valence-electron chi connectivity index (χ0n) is 18.8. The molecule has 10 heteroatoms. The molecule has 6 nitrogen and oxygen atoms in total. The van der Waals surface area contributed by atoms with Crippen molar-refractivity contribution in [2.45, 2.75) is 19.5 Å². The number of thiazole rings is 1. The summed E-state index contributed by atoms with van der Waals surface area (Å²) in [6, 6.07) is 9.87. The van der Waals surface area contributed by atoms with Gasteiger partial charge in [0.15, 0.2) is 5.13 Å². The Morgan fingerprint density at radius 3 is 2.59 bits per heavy atom. The third-order valence-corrected chi connectivity index (χ3v) is 6.60. The predicted octanol–water partition coefficient (Wildman–Crippen LogP) is 5.08. The number of morpholine rings is 1. The van der Waals surface area contributed by atoms with Crippen LogP contribution in [0.5, 0.6) is 5.75 Å². The average Bonchev–Trinajstić information content (AvgIpc) is 3.25. The van der Waals surface area contributed by atoms with Gasteiger partial charge in [-0.1, -0.05) is 11.3 Å². The summed E-state index contributed by atoms with van der Waals surface area (Å²) in [6.07, 6.45) is -3.75. The maximum absolute atomic E-state index is 13.4. The lowest BCUT2D eigenvalue weighted by Gasteiger charge is -2.27. The SMILES string of the molecule is CCOc1ccc2nc(N(CCCN3CCOCC3)C(=O)c3ccc(C(F)(F)F)cc3)sc2c1. The summed E-state index contributed by atoms with van der Waals surface area (Å²) in [5, 5.41) is 0.510. The molecule has 182 valence electrons. The van der Waals surface area contributed by atoms with Crippen molar-refractivity contribution in [3.05, 3.63) is 53.6 Å². The number of rotatable bonds is 8. The molecule has 0 spiro atoms. The van der Waals surface area contributed by atoms with Crippen LogP contribution in [0.3, 0.4) is 0 Å². The molecule has 0 aliphatic carbocycles. The van der Waals surface area contributed by atoms with Gasteiger partial charge in [-0.2, -0.15) is 13.2 Å². The predicted molar refractivity (Wildman–Crippen MR) is 126 cm³/mol. The van der Waals surface area contributed by atoms with Crippen LogP contribution >= 0.6 is 11.3 Å². The van der Waals surface area contributed by atoms with E-state index >= 15 is 0 Å². The van der Waals surface area contributed by atoms with Crippen LogP contribution in [0.2, 0.25) is 0 Å². The van der Waals surface area contributed by atoms with Crippen molar-refractivity contribution in [1.29, 1.82) is 0 Å². The van der Waals surface area contributed by atoms with Crippen molar-refractivity contribution >= 4 is 32.6 Å². The number of aromatic nitrogens is 1. The molecule has 4 rings (SSSR count). The van der Waals surface area contributed by atoms with Crippen LogP contribution in [0.4, 0.5) is 18.3 Å². The molecule has 0 bridgehead atoms. The van der Waals surface area contributed by atoms with Crippen molar-refractivity contribution in [2.24, 2.45) is 0 Å². The standard InChI is InChI=1S/C24H26F3N3O3S/c1-2-33-19-8-9-20-21(16-19)34-23(28-20)30(11-3-10-29-12-14-32-15-13-29)22(31)17-4-6-18(7-5-17)24(25,26)27/h4-9,16H,2-3,10-15H2,1H3. The lowest BCUT2D eigenvalue weighted by atomic mass is 10.1. The van der Waals surface area contributed by atoms with Crippen molar-refractivity contribution < 1.29 is 27.4 Å². The van der Waals surface area contributed by atoms with Crippen LogP contribution < -0.4 is 9.64 Å². The highest BCUT2D eigenvalue weighted by Crippen LogP contribution is 2.33. The van der Waals surface area contributed by atoms with Gasteiger partial charge >= 0.3 is 6.18 Å². The molecule has 0 unspecified atom stereocenters. The minimum absolute atomic E-state index is 0.189. The monoisotopic (exact) mass is 493 g/mol. The second kappa shape index (κ2) is 10.7. The van der Waals surface area contributed by atoms with E-state index in [1.54, 1.807) is 4.90 Å². The third-order valence-electron chi connectivity index (χ3n) is 5.55. The molecule has 1 aliphatic rings. The fraction of sp³-hybridized carbons (Fsp3) is 0.417. The summed E-state index contributed by atoms with van der Waals surface area (Å²) in [4.78, 5) is 21.9. The molecule has 2 heterocycles. The first-order valence-corrected chi connectivity index (χ1v) is 12.0. The number of hydrogen-bond acceptors (Lipinski definition) is 6. The van der Waals surface area contributed by atoms with E-state index in [0.29, 0.717) is 37.9 Å². The Labute approximate surface area is 199 Å². The second-order valence-corrected chi connectivity index (χ2v) is 8.91. The molecule has 1 aromatic heterocycles. The quantitative estimate of drug-likeness (QED) is 0.438. The van der Waals surface area contributed by atoms with Crippen LogP contribution in [-0.4, -0.2) is 61.8 Å². The summed E-state index contributed by atoms with van der Waals surface area (Å²) >= 11 is 1.36. The molecule has 0 radical (unpaired) electrons. The number of benzene rings is 2. The maximum Gasteiger partial charge on any atom is 0.416 e. The Balaban J connectivity index is 1.58. The number of carbonyl (C=O) groups is 1. The number of nitrogens with zero attached hydrogens (tertiary/aromatic N) is 3. The topological polar surface area (TPSA) is 54.9 Å². The van der Waals surface area contributed by atoms with Crippen molar-refractivity contribution in [2.75, 3.05) is 50.9 Å². The van der Waals surface area contributed by atoms with E-state index in [2.05, 4.69) is 9.88 Å². The molecule has 3 aromatic rings. The zero-order valence-corrected chi connectivity index (χ0v) is 19.6. The highest BCUT2D eigenvalue weighted by Gasteiger charge is 2.31. The van der Waals surface area contributed by atoms with Gasteiger partial charge in [0.2, 0.25) is 0 Å². The zero-order chi connectivity index (χ0) is 24.1. The number of halogens is 3. The number of hydrogen-bond donors (Lipinski definition) is 0. The van der Waals surface area contributed by atoms with E-state index in [0.717, 1.165) is 47.7 Å². The Morgan fingerprint density at radius 2 is 1.91 bits per heavy atom. The van der Waals surface area contributed by atoms with Gasteiger partial charge in [0.25, 0.3) is 5.91 Å². The lowest BCUT2D eigenvalue weighted by Crippen LogP contribution is -2.39. The van der Waals surface area contributed by atoms with Crippen molar-refractivity contribution in [3.8, 4) is 5.75 Å². The Kier molecular flexibility index (Phi) is 7.70. The van der Waals surface area contributed by atoms with Crippen LogP contribution in [-0.2, 0) is 10.9 Å². The number of alkyl halides is 3. The molecule has 34 heavy (non-hydrogen) atoms. The fourth-order valence-corrected chi connectivity index (χ4v) is 4.80. The molecule has 1 saturated heterocycles.